The molecule has 0 spiro atoms. The molecule has 0 atom stereocenters. The van der Waals surface area contributed by atoms with Crippen molar-refractivity contribution in [2.24, 2.45) is 7.05 Å². The molecule has 0 radical (unpaired) electrons. The van der Waals surface area contributed by atoms with Gasteiger partial charge in [-0.05, 0) is 29.8 Å². The fourth-order valence-corrected chi connectivity index (χ4v) is 4.03. The average Bonchev–Trinajstić information content (AvgIpc) is 3.53. The molecule has 0 unspecified atom stereocenters. The van der Waals surface area contributed by atoms with Crippen molar-refractivity contribution in [3.8, 4) is 11.8 Å². The van der Waals surface area contributed by atoms with Crippen molar-refractivity contribution in [3.63, 3.8) is 0 Å². The zero-order valence-electron chi connectivity index (χ0n) is 20.4. The van der Waals surface area contributed by atoms with Gasteiger partial charge < -0.3 is 9.88 Å². The number of aromatic nitrogens is 4. The topological polar surface area (TPSA) is 106 Å². The summed E-state index contributed by atoms with van der Waals surface area (Å²) in [5.41, 5.74) is 2.68. The number of carbonyl (C=O) groups excluding carboxylic acids is 2. The van der Waals surface area contributed by atoms with Crippen molar-refractivity contribution in [1.29, 1.82) is 5.26 Å². The number of nitrogens with one attached hydrogen (secondary N) is 1. The molecule has 184 valence electrons. The molecule has 0 bridgehead atoms. The molecule has 0 fully saturated rings. The number of aryl methyl sites for hydroxylation is 1. The Morgan fingerprint density at radius 1 is 0.921 bits per heavy atom. The van der Waals surface area contributed by atoms with Crippen LogP contribution < -0.4 is 5.32 Å². The van der Waals surface area contributed by atoms with E-state index in [-0.39, 0.29) is 17.1 Å². The van der Waals surface area contributed by atoms with Crippen LogP contribution in [0, 0.1) is 11.3 Å². The largest absolute Gasteiger partial charge is 0.350 e. The number of nitriles is 1. The Morgan fingerprint density at radius 2 is 1.61 bits per heavy atom. The summed E-state index contributed by atoms with van der Waals surface area (Å²) >= 11 is 0. The SMILES string of the molecule is Cn1cc(C(=O)c2nn(-c3ccccc3)nc2NC(=O)/C(C#N)=C/C=C/c2ccccc2)c2ccccc21. The van der Waals surface area contributed by atoms with E-state index in [0.717, 1.165) is 16.5 Å². The molecular formula is C30H22N6O2. The van der Waals surface area contributed by atoms with E-state index in [0.29, 0.717) is 11.3 Å². The normalized spacial score (nSPS) is 11.5. The standard InChI is InChI=1S/C30H22N6O2/c1-35-20-25(24-17-8-9-18-26(24)35)28(37)27-29(34-36(33-27)23-15-6-3-7-16-23)32-30(38)22(19-31)14-10-13-21-11-4-2-5-12-21/h2-18,20H,1H3,(H,32,34,38)/b13-10+,22-14+. The highest BCUT2D eigenvalue weighted by molar-refractivity contribution is 6.19. The maximum atomic E-state index is 13.7. The Labute approximate surface area is 218 Å². The summed E-state index contributed by atoms with van der Waals surface area (Å²) in [5, 5.41) is 21.8. The van der Waals surface area contributed by atoms with Crippen LogP contribution in [-0.2, 0) is 11.8 Å². The molecule has 3 aromatic carbocycles. The first kappa shape index (κ1) is 24.2. The number of fused-ring (bicyclic) bond motifs is 1. The molecular weight excluding hydrogens is 476 g/mol. The second-order valence-electron chi connectivity index (χ2n) is 8.44. The van der Waals surface area contributed by atoms with Gasteiger partial charge in [0.15, 0.2) is 11.5 Å². The van der Waals surface area contributed by atoms with E-state index in [9.17, 15) is 14.9 Å². The van der Waals surface area contributed by atoms with Crippen molar-refractivity contribution in [3.05, 3.63) is 126 Å². The van der Waals surface area contributed by atoms with E-state index in [1.165, 1.54) is 10.9 Å². The van der Waals surface area contributed by atoms with Gasteiger partial charge in [-0.2, -0.15) is 5.26 Å². The molecule has 2 aromatic heterocycles. The van der Waals surface area contributed by atoms with Gasteiger partial charge in [-0.3, -0.25) is 9.59 Å². The lowest BCUT2D eigenvalue weighted by atomic mass is 10.1. The highest BCUT2D eigenvalue weighted by Gasteiger charge is 2.25. The Kier molecular flexibility index (Phi) is 6.74. The van der Waals surface area contributed by atoms with Crippen LogP contribution in [0.25, 0.3) is 22.7 Å². The van der Waals surface area contributed by atoms with Crippen LogP contribution in [0.2, 0.25) is 0 Å². The third-order valence-corrected chi connectivity index (χ3v) is 5.91. The van der Waals surface area contributed by atoms with Crippen LogP contribution in [0.4, 0.5) is 5.82 Å². The summed E-state index contributed by atoms with van der Waals surface area (Å²) in [7, 11) is 1.86. The number of nitrogens with zero attached hydrogens (tertiary/aromatic N) is 5. The molecule has 2 heterocycles. The second kappa shape index (κ2) is 10.6. The molecule has 0 saturated heterocycles. The van der Waals surface area contributed by atoms with Crippen LogP contribution in [0.1, 0.15) is 21.6 Å². The summed E-state index contributed by atoms with van der Waals surface area (Å²) in [6, 6.07) is 28.0. The quantitative estimate of drug-likeness (QED) is 0.146. The van der Waals surface area contributed by atoms with Gasteiger partial charge in [0.2, 0.25) is 5.78 Å². The molecule has 0 aliphatic rings. The van der Waals surface area contributed by atoms with Gasteiger partial charge in [0.25, 0.3) is 5.91 Å². The van der Waals surface area contributed by atoms with E-state index in [4.69, 9.17) is 0 Å². The molecule has 1 amide bonds. The number of para-hydroxylation sites is 2. The van der Waals surface area contributed by atoms with Crippen LogP contribution >= 0.6 is 0 Å². The van der Waals surface area contributed by atoms with Crippen LogP contribution in [0.15, 0.2) is 109 Å². The first-order valence-electron chi connectivity index (χ1n) is 11.8. The highest BCUT2D eigenvalue weighted by atomic mass is 16.2. The minimum atomic E-state index is -0.697. The first-order chi connectivity index (χ1) is 18.5. The van der Waals surface area contributed by atoms with Crippen LogP contribution in [0.5, 0.6) is 0 Å². The van der Waals surface area contributed by atoms with Crippen molar-refractivity contribution >= 4 is 34.5 Å². The minimum Gasteiger partial charge on any atom is -0.350 e. The predicted molar refractivity (Wildman–Crippen MR) is 146 cm³/mol. The summed E-state index contributed by atoms with van der Waals surface area (Å²) in [6.45, 7) is 0. The van der Waals surface area contributed by atoms with Crippen LogP contribution in [0.3, 0.4) is 0 Å². The lowest BCUT2D eigenvalue weighted by Gasteiger charge is -2.02. The number of benzene rings is 3. The van der Waals surface area contributed by atoms with Gasteiger partial charge >= 0.3 is 0 Å². The molecule has 5 aromatic rings. The molecule has 1 N–H and O–H groups in total. The maximum absolute atomic E-state index is 13.7. The van der Waals surface area contributed by atoms with E-state index in [1.54, 1.807) is 30.5 Å². The van der Waals surface area contributed by atoms with Gasteiger partial charge in [-0.15, -0.1) is 15.0 Å². The lowest BCUT2D eigenvalue weighted by molar-refractivity contribution is -0.112. The van der Waals surface area contributed by atoms with Gasteiger partial charge in [-0.1, -0.05) is 78.9 Å². The monoisotopic (exact) mass is 498 g/mol. The molecule has 38 heavy (non-hydrogen) atoms. The van der Waals surface area contributed by atoms with Crippen molar-refractivity contribution in [2.75, 3.05) is 5.32 Å². The molecule has 0 aliphatic carbocycles. The van der Waals surface area contributed by atoms with E-state index in [1.807, 2.05) is 90.5 Å². The Morgan fingerprint density at radius 3 is 2.34 bits per heavy atom. The summed E-state index contributed by atoms with van der Waals surface area (Å²) in [5.74, 6) is -1.13. The number of ketones is 1. The number of anilines is 1. The van der Waals surface area contributed by atoms with E-state index >= 15 is 0 Å². The van der Waals surface area contributed by atoms with Crippen molar-refractivity contribution in [1.82, 2.24) is 19.6 Å². The Balaban J connectivity index is 1.51. The molecule has 8 heteroatoms. The first-order valence-corrected chi connectivity index (χ1v) is 11.8. The van der Waals surface area contributed by atoms with E-state index < -0.39 is 11.7 Å². The molecule has 5 rings (SSSR count). The molecule has 0 aliphatic heterocycles. The fourth-order valence-electron chi connectivity index (χ4n) is 4.03. The molecule has 0 saturated carbocycles. The van der Waals surface area contributed by atoms with Gasteiger partial charge in [0.1, 0.15) is 11.6 Å². The second-order valence-corrected chi connectivity index (χ2v) is 8.44. The fraction of sp³-hybridized carbons (Fsp3) is 0.0333. The van der Waals surface area contributed by atoms with Crippen molar-refractivity contribution in [2.45, 2.75) is 0 Å². The van der Waals surface area contributed by atoms with Crippen molar-refractivity contribution < 1.29 is 9.59 Å². The third kappa shape index (κ3) is 4.90. The average molecular weight is 499 g/mol. The number of amides is 1. The minimum absolute atomic E-state index is 0.0318. The number of carbonyl (C=O) groups is 2. The summed E-state index contributed by atoms with van der Waals surface area (Å²) in [4.78, 5) is 28.0. The molecule has 8 nitrogen and oxygen atoms in total. The van der Waals surface area contributed by atoms with E-state index in [2.05, 4.69) is 15.5 Å². The lowest BCUT2D eigenvalue weighted by Crippen LogP contribution is -2.16. The Hall–Kier alpha value is -5.55. The van der Waals surface area contributed by atoms with Crippen LogP contribution in [-0.4, -0.2) is 31.3 Å². The predicted octanol–water partition coefficient (Wildman–Crippen LogP) is 5.09. The smallest absolute Gasteiger partial charge is 0.267 e. The van der Waals surface area contributed by atoms with Gasteiger partial charge in [0, 0.05) is 29.7 Å². The zero-order valence-corrected chi connectivity index (χ0v) is 20.4. The maximum Gasteiger partial charge on any atom is 0.267 e. The summed E-state index contributed by atoms with van der Waals surface area (Å²) in [6.07, 6.45) is 6.55. The van der Waals surface area contributed by atoms with Gasteiger partial charge in [0.05, 0.1) is 5.69 Å². The van der Waals surface area contributed by atoms with Gasteiger partial charge in [-0.25, -0.2) is 0 Å². The number of rotatable bonds is 7. The number of hydrogen-bond acceptors (Lipinski definition) is 5. The number of allylic oxidation sites excluding steroid dienone is 2. The zero-order chi connectivity index (χ0) is 26.5. The summed E-state index contributed by atoms with van der Waals surface area (Å²) < 4.78 is 1.86. The number of hydrogen-bond donors (Lipinski definition) is 1. The third-order valence-electron chi connectivity index (χ3n) is 5.91. The highest BCUT2D eigenvalue weighted by Crippen LogP contribution is 2.25. The Bertz CT molecular complexity index is 1740.